The molecule has 2 aliphatic heterocycles. The number of hydrogen-bond donors (Lipinski definition) is 2. The van der Waals surface area contributed by atoms with E-state index in [9.17, 15) is 10.2 Å². The molecule has 3 heteroatoms. The summed E-state index contributed by atoms with van der Waals surface area (Å²) in [5, 5.41) is 19.9. The first-order valence-corrected chi connectivity index (χ1v) is 6.50. The second kappa shape index (κ2) is 4.28. The Kier molecular flexibility index (Phi) is 3.30. The Balaban J connectivity index is 1.96. The molecule has 2 heterocycles. The van der Waals surface area contributed by atoms with Crippen LogP contribution in [0.3, 0.4) is 0 Å². The van der Waals surface area contributed by atoms with Gasteiger partial charge in [0, 0.05) is 18.6 Å². The third kappa shape index (κ3) is 2.41. The molecule has 0 aromatic carbocycles. The van der Waals surface area contributed by atoms with Crippen LogP contribution in [-0.4, -0.2) is 45.9 Å². The zero-order valence-electron chi connectivity index (χ0n) is 10.7. The molecule has 3 nitrogen and oxygen atoms in total. The first kappa shape index (κ1) is 12.3. The molecule has 2 rings (SSSR count). The number of fused-ring (bicyclic) bond motifs is 2. The van der Waals surface area contributed by atoms with Gasteiger partial charge < -0.3 is 10.2 Å². The molecule has 3 atom stereocenters. The lowest BCUT2D eigenvalue weighted by Crippen LogP contribution is -2.50. The molecule has 2 aliphatic rings. The Labute approximate surface area is 98.5 Å². The van der Waals surface area contributed by atoms with Crippen LogP contribution in [0.1, 0.15) is 46.5 Å². The summed E-state index contributed by atoms with van der Waals surface area (Å²) in [6, 6.07) is 1.01. The average Bonchev–Trinajstić information content (AvgIpc) is 2.41. The molecule has 2 saturated heterocycles. The van der Waals surface area contributed by atoms with E-state index in [1.165, 1.54) is 12.8 Å². The van der Waals surface area contributed by atoms with E-state index in [4.69, 9.17) is 0 Å². The van der Waals surface area contributed by atoms with Gasteiger partial charge in [-0.25, -0.2) is 0 Å². The number of hydrogen-bond acceptors (Lipinski definition) is 3. The van der Waals surface area contributed by atoms with Gasteiger partial charge in [-0.1, -0.05) is 20.8 Å². The van der Waals surface area contributed by atoms with E-state index < -0.39 is 0 Å². The van der Waals surface area contributed by atoms with Crippen molar-refractivity contribution in [3.63, 3.8) is 0 Å². The lowest BCUT2D eigenvalue weighted by Gasteiger charge is -2.40. The van der Waals surface area contributed by atoms with Crippen molar-refractivity contribution in [3.8, 4) is 0 Å². The standard InChI is InChI=1S/C13H25NO2/c1-13(2,3)12(16)8-14-9-4-5-10(14)7-11(15)6-9/h9-12,15-16H,4-8H2,1-3H3/t9-,10-,12-/m0/s1. The van der Waals surface area contributed by atoms with Crippen molar-refractivity contribution >= 4 is 0 Å². The number of rotatable bonds is 2. The lowest BCUT2D eigenvalue weighted by atomic mass is 9.87. The second-order valence-corrected chi connectivity index (χ2v) is 6.59. The maximum Gasteiger partial charge on any atom is 0.0715 e. The van der Waals surface area contributed by atoms with E-state index in [-0.39, 0.29) is 17.6 Å². The van der Waals surface area contributed by atoms with Gasteiger partial charge in [-0.15, -0.1) is 0 Å². The first-order valence-electron chi connectivity index (χ1n) is 6.50. The SMILES string of the molecule is CC(C)(C)[C@@H](O)CN1[C@H]2CC[C@H]1CC(O)C2. The van der Waals surface area contributed by atoms with Gasteiger partial charge in [-0.2, -0.15) is 0 Å². The summed E-state index contributed by atoms with van der Waals surface area (Å²) in [5.74, 6) is 0. The summed E-state index contributed by atoms with van der Waals surface area (Å²) in [4.78, 5) is 2.43. The third-order valence-corrected chi connectivity index (χ3v) is 4.24. The van der Waals surface area contributed by atoms with E-state index >= 15 is 0 Å². The maximum atomic E-state index is 10.2. The molecule has 2 N–H and O–H groups in total. The first-order chi connectivity index (χ1) is 7.38. The number of piperidine rings is 1. The number of aliphatic hydroxyl groups excluding tert-OH is 2. The molecule has 0 aromatic rings. The highest BCUT2D eigenvalue weighted by molar-refractivity contribution is 4.96. The fraction of sp³-hybridized carbons (Fsp3) is 1.00. The summed E-state index contributed by atoms with van der Waals surface area (Å²) in [5.41, 5.74) is -0.0461. The van der Waals surface area contributed by atoms with E-state index in [2.05, 4.69) is 25.7 Å². The van der Waals surface area contributed by atoms with Crippen molar-refractivity contribution in [1.82, 2.24) is 4.90 Å². The smallest absolute Gasteiger partial charge is 0.0715 e. The summed E-state index contributed by atoms with van der Waals surface area (Å²) >= 11 is 0. The summed E-state index contributed by atoms with van der Waals surface area (Å²) < 4.78 is 0. The zero-order chi connectivity index (χ0) is 11.9. The molecule has 2 fully saturated rings. The van der Waals surface area contributed by atoms with Gasteiger partial charge in [0.25, 0.3) is 0 Å². The Morgan fingerprint density at radius 3 is 2.12 bits per heavy atom. The van der Waals surface area contributed by atoms with E-state index in [0.717, 1.165) is 19.4 Å². The van der Waals surface area contributed by atoms with Gasteiger partial charge in [0.2, 0.25) is 0 Å². The molecule has 0 amide bonds. The molecular formula is C13H25NO2. The molecule has 0 aliphatic carbocycles. The quantitative estimate of drug-likeness (QED) is 0.749. The van der Waals surface area contributed by atoms with Crippen LogP contribution in [0.15, 0.2) is 0 Å². The van der Waals surface area contributed by atoms with Crippen LogP contribution in [0.5, 0.6) is 0 Å². The van der Waals surface area contributed by atoms with Crippen LogP contribution in [0.25, 0.3) is 0 Å². The van der Waals surface area contributed by atoms with E-state index in [1.54, 1.807) is 0 Å². The largest absolute Gasteiger partial charge is 0.393 e. The van der Waals surface area contributed by atoms with Crippen LogP contribution >= 0.6 is 0 Å². The second-order valence-electron chi connectivity index (χ2n) is 6.59. The van der Waals surface area contributed by atoms with Crippen LogP contribution in [0.2, 0.25) is 0 Å². The fourth-order valence-corrected chi connectivity index (χ4v) is 3.02. The summed E-state index contributed by atoms with van der Waals surface area (Å²) in [6.07, 6.45) is 3.80. The van der Waals surface area contributed by atoms with Crippen molar-refractivity contribution < 1.29 is 10.2 Å². The van der Waals surface area contributed by atoms with Crippen LogP contribution in [0.4, 0.5) is 0 Å². The Morgan fingerprint density at radius 1 is 1.19 bits per heavy atom. The fourth-order valence-electron chi connectivity index (χ4n) is 3.02. The van der Waals surface area contributed by atoms with Gasteiger partial charge >= 0.3 is 0 Å². The number of aliphatic hydroxyl groups is 2. The topological polar surface area (TPSA) is 43.7 Å². The van der Waals surface area contributed by atoms with Gasteiger partial charge in [0.05, 0.1) is 12.2 Å². The highest BCUT2D eigenvalue weighted by Gasteiger charge is 2.41. The maximum absolute atomic E-state index is 10.2. The highest BCUT2D eigenvalue weighted by atomic mass is 16.3. The van der Waals surface area contributed by atoms with Crippen molar-refractivity contribution in [2.24, 2.45) is 5.41 Å². The van der Waals surface area contributed by atoms with Gasteiger partial charge in [-0.3, -0.25) is 4.90 Å². The van der Waals surface area contributed by atoms with E-state index in [1.807, 2.05) is 0 Å². The Morgan fingerprint density at radius 2 is 1.69 bits per heavy atom. The Hall–Kier alpha value is -0.120. The van der Waals surface area contributed by atoms with Crippen molar-refractivity contribution in [3.05, 3.63) is 0 Å². The molecule has 0 unspecified atom stereocenters. The molecule has 0 spiro atoms. The predicted octanol–water partition coefficient (Wildman–Crippen LogP) is 1.38. The van der Waals surface area contributed by atoms with Gasteiger partial charge in [0.1, 0.15) is 0 Å². The summed E-state index contributed by atoms with van der Waals surface area (Å²) in [7, 11) is 0. The van der Waals surface area contributed by atoms with E-state index in [0.29, 0.717) is 12.1 Å². The molecule has 2 bridgehead atoms. The average molecular weight is 227 g/mol. The monoisotopic (exact) mass is 227 g/mol. The van der Waals surface area contributed by atoms with Gasteiger partial charge in [-0.05, 0) is 31.1 Å². The molecular weight excluding hydrogens is 202 g/mol. The Bertz CT molecular complexity index is 235. The van der Waals surface area contributed by atoms with Crippen LogP contribution in [-0.2, 0) is 0 Å². The molecule has 0 aromatic heterocycles. The normalized spacial score (nSPS) is 37.7. The molecule has 16 heavy (non-hydrogen) atoms. The zero-order valence-corrected chi connectivity index (χ0v) is 10.7. The molecule has 0 radical (unpaired) electrons. The minimum atomic E-state index is -0.272. The minimum absolute atomic E-state index is 0.0461. The van der Waals surface area contributed by atoms with Crippen molar-refractivity contribution in [2.75, 3.05) is 6.54 Å². The molecule has 94 valence electrons. The highest BCUT2D eigenvalue weighted by Crippen LogP contribution is 2.36. The predicted molar refractivity (Wildman–Crippen MR) is 64.2 cm³/mol. The van der Waals surface area contributed by atoms with Crippen LogP contribution < -0.4 is 0 Å². The van der Waals surface area contributed by atoms with Crippen molar-refractivity contribution in [2.45, 2.75) is 70.7 Å². The third-order valence-electron chi connectivity index (χ3n) is 4.24. The summed E-state index contributed by atoms with van der Waals surface area (Å²) in [6.45, 7) is 7.01. The number of nitrogens with zero attached hydrogens (tertiary/aromatic N) is 1. The lowest BCUT2D eigenvalue weighted by molar-refractivity contribution is -0.0218. The van der Waals surface area contributed by atoms with Gasteiger partial charge in [0.15, 0.2) is 0 Å². The molecule has 0 saturated carbocycles. The van der Waals surface area contributed by atoms with Crippen molar-refractivity contribution in [1.29, 1.82) is 0 Å². The minimum Gasteiger partial charge on any atom is -0.393 e. The van der Waals surface area contributed by atoms with Crippen LogP contribution in [0, 0.1) is 5.41 Å².